The van der Waals surface area contributed by atoms with Gasteiger partial charge in [-0.3, -0.25) is 0 Å². The average molecular weight is 269 g/mol. The minimum atomic E-state index is 0.145. The first kappa shape index (κ1) is 14.6. The molecular formula is C18H23NO. The predicted molar refractivity (Wildman–Crippen MR) is 84.5 cm³/mol. The lowest BCUT2D eigenvalue weighted by molar-refractivity contribution is 0.405. The largest absolute Gasteiger partial charge is 0.496 e. The predicted octanol–water partition coefficient (Wildman–Crippen LogP) is 3.93. The quantitative estimate of drug-likeness (QED) is 0.908. The van der Waals surface area contributed by atoms with Gasteiger partial charge in [-0.15, -0.1) is 0 Å². The SMILES string of the molecule is CNC(c1ccccc1OC)c1c(C)cc(C)cc1C. The number of rotatable bonds is 4. The van der Waals surface area contributed by atoms with Crippen LogP contribution in [0, 0.1) is 20.8 Å². The van der Waals surface area contributed by atoms with Crippen LogP contribution in [-0.2, 0) is 0 Å². The highest BCUT2D eigenvalue weighted by Crippen LogP contribution is 2.33. The highest BCUT2D eigenvalue weighted by molar-refractivity contribution is 5.48. The number of hydrogen-bond acceptors (Lipinski definition) is 2. The van der Waals surface area contributed by atoms with Crippen LogP contribution < -0.4 is 10.1 Å². The molecule has 2 nitrogen and oxygen atoms in total. The van der Waals surface area contributed by atoms with Gasteiger partial charge in [-0.25, -0.2) is 0 Å². The standard InChI is InChI=1S/C18H23NO/c1-12-10-13(2)17(14(3)11-12)18(19-4)15-8-6-7-9-16(15)20-5/h6-11,18-19H,1-5H3. The van der Waals surface area contributed by atoms with Gasteiger partial charge in [0, 0.05) is 5.56 Å². The number of benzene rings is 2. The maximum absolute atomic E-state index is 5.51. The molecule has 2 aromatic carbocycles. The zero-order valence-electron chi connectivity index (χ0n) is 12.9. The fourth-order valence-corrected chi connectivity index (χ4v) is 3.01. The normalized spacial score (nSPS) is 12.2. The molecule has 0 spiro atoms. The fraction of sp³-hybridized carbons (Fsp3) is 0.333. The summed E-state index contributed by atoms with van der Waals surface area (Å²) in [6, 6.07) is 12.8. The molecule has 106 valence electrons. The van der Waals surface area contributed by atoms with Gasteiger partial charge in [0.1, 0.15) is 5.75 Å². The Morgan fingerprint density at radius 2 is 1.60 bits per heavy atom. The zero-order chi connectivity index (χ0) is 14.7. The second kappa shape index (κ2) is 6.10. The highest BCUT2D eigenvalue weighted by atomic mass is 16.5. The second-order valence-corrected chi connectivity index (χ2v) is 5.28. The Morgan fingerprint density at radius 1 is 1.00 bits per heavy atom. The molecule has 2 rings (SSSR count). The van der Waals surface area contributed by atoms with Crippen molar-refractivity contribution < 1.29 is 4.74 Å². The Labute approximate surface area is 121 Å². The molecule has 1 N–H and O–H groups in total. The number of hydrogen-bond donors (Lipinski definition) is 1. The lowest BCUT2D eigenvalue weighted by Crippen LogP contribution is -2.20. The van der Waals surface area contributed by atoms with E-state index < -0.39 is 0 Å². The van der Waals surface area contributed by atoms with Gasteiger partial charge in [0.05, 0.1) is 13.2 Å². The molecular weight excluding hydrogens is 246 g/mol. The fourth-order valence-electron chi connectivity index (χ4n) is 3.01. The zero-order valence-corrected chi connectivity index (χ0v) is 12.9. The summed E-state index contributed by atoms with van der Waals surface area (Å²) in [6.45, 7) is 6.49. The highest BCUT2D eigenvalue weighted by Gasteiger charge is 2.19. The van der Waals surface area contributed by atoms with Gasteiger partial charge in [0.15, 0.2) is 0 Å². The third-order valence-electron chi connectivity index (χ3n) is 3.77. The van der Waals surface area contributed by atoms with E-state index in [0.29, 0.717) is 0 Å². The van der Waals surface area contributed by atoms with Gasteiger partial charge in [0.25, 0.3) is 0 Å². The van der Waals surface area contributed by atoms with Crippen molar-refractivity contribution in [1.82, 2.24) is 5.32 Å². The van der Waals surface area contributed by atoms with Gasteiger partial charge in [-0.05, 0) is 50.6 Å². The molecule has 0 aliphatic rings. The first-order valence-electron chi connectivity index (χ1n) is 6.96. The summed E-state index contributed by atoms with van der Waals surface area (Å²) in [5, 5.41) is 3.43. The van der Waals surface area contributed by atoms with Gasteiger partial charge in [-0.1, -0.05) is 35.9 Å². The van der Waals surface area contributed by atoms with E-state index in [4.69, 9.17) is 4.74 Å². The van der Waals surface area contributed by atoms with E-state index in [1.807, 2.05) is 19.2 Å². The summed E-state index contributed by atoms with van der Waals surface area (Å²) >= 11 is 0. The average Bonchev–Trinajstić information content (AvgIpc) is 2.42. The molecule has 0 amide bonds. The van der Waals surface area contributed by atoms with Crippen LogP contribution in [0.4, 0.5) is 0 Å². The molecule has 0 bridgehead atoms. The molecule has 20 heavy (non-hydrogen) atoms. The minimum Gasteiger partial charge on any atom is -0.496 e. The van der Waals surface area contributed by atoms with Crippen LogP contribution in [0.3, 0.4) is 0 Å². The summed E-state index contributed by atoms with van der Waals surface area (Å²) in [7, 11) is 3.72. The Kier molecular flexibility index (Phi) is 4.46. The lowest BCUT2D eigenvalue weighted by Gasteiger charge is -2.24. The number of ether oxygens (including phenoxy) is 1. The molecule has 0 heterocycles. The first-order valence-corrected chi connectivity index (χ1v) is 6.96. The van der Waals surface area contributed by atoms with E-state index in [0.717, 1.165) is 5.75 Å². The number of para-hydroxylation sites is 1. The van der Waals surface area contributed by atoms with E-state index in [-0.39, 0.29) is 6.04 Å². The van der Waals surface area contributed by atoms with Crippen molar-refractivity contribution in [2.75, 3.05) is 14.2 Å². The molecule has 0 aliphatic carbocycles. The van der Waals surface area contributed by atoms with Gasteiger partial charge in [-0.2, -0.15) is 0 Å². The Bertz CT molecular complexity index is 581. The van der Waals surface area contributed by atoms with Crippen molar-refractivity contribution in [2.24, 2.45) is 0 Å². The van der Waals surface area contributed by atoms with Crippen LogP contribution in [-0.4, -0.2) is 14.2 Å². The van der Waals surface area contributed by atoms with Crippen molar-refractivity contribution in [1.29, 1.82) is 0 Å². The van der Waals surface area contributed by atoms with Crippen molar-refractivity contribution in [3.05, 3.63) is 64.2 Å². The number of aryl methyl sites for hydroxylation is 3. The summed E-state index contributed by atoms with van der Waals surface area (Å²) in [4.78, 5) is 0. The Balaban J connectivity index is 2.59. The summed E-state index contributed by atoms with van der Waals surface area (Å²) < 4.78 is 5.51. The topological polar surface area (TPSA) is 21.3 Å². The van der Waals surface area contributed by atoms with Crippen molar-refractivity contribution >= 4 is 0 Å². The lowest BCUT2D eigenvalue weighted by atomic mass is 9.89. The van der Waals surface area contributed by atoms with Crippen LogP contribution in [0.1, 0.15) is 33.9 Å². The number of methoxy groups -OCH3 is 1. The molecule has 1 atom stereocenters. The van der Waals surface area contributed by atoms with Crippen LogP contribution in [0.25, 0.3) is 0 Å². The Morgan fingerprint density at radius 3 is 2.15 bits per heavy atom. The minimum absolute atomic E-state index is 0.145. The van der Waals surface area contributed by atoms with Crippen LogP contribution in [0.2, 0.25) is 0 Å². The maximum Gasteiger partial charge on any atom is 0.123 e. The van der Waals surface area contributed by atoms with E-state index >= 15 is 0 Å². The third-order valence-corrected chi connectivity index (χ3v) is 3.77. The summed E-state index contributed by atoms with van der Waals surface area (Å²) in [6.07, 6.45) is 0. The van der Waals surface area contributed by atoms with Crippen molar-refractivity contribution in [3.8, 4) is 5.75 Å². The smallest absolute Gasteiger partial charge is 0.123 e. The first-order chi connectivity index (χ1) is 9.58. The van der Waals surface area contributed by atoms with Crippen LogP contribution in [0.5, 0.6) is 5.75 Å². The molecule has 2 aromatic rings. The van der Waals surface area contributed by atoms with Gasteiger partial charge >= 0.3 is 0 Å². The number of nitrogens with one attached hydrogen (secondary N) is 1. The van der Waals surface area contributed by atoms with E-state index in [1.165, 1.54) is 27.8 Å². The molecule has 0 aromatic heterocycles. The third kappa shape index (κ3) is 2.70. The molecule has 1 unspecified atom stereocenters. The molecule has 2 heteroatoms. The molecule has 0 saturated carbocycles. The van der Waals surface area contributed by atoms with Crippen molar-refractivity contribution in [2.45, 2.75) is 26.8 Å². The van der Waals surface area contributed by atoms with E-state index in [1.54, 1.807) is 7.11 Å². The summed E-state index contributed by atoms with van der Waals surface area (Å²) in [5.41, 5.74) is 6.44. The molecule has 0 saturated heterocycles. The summed E-state index contributed by atoms with van der Waals surface area (Å²) in [5.74, 6) is 0.922. The second-order valence-electron chi connectivity index (χ2n) is 5.28. The monoisotopic (exact) mass is 269 g/mol. The Hall–Kier alpha value is -1.80. The van der Waals surface area contributed by atoms with Crippen LogP contribution >= 0.6 is 0 Å². The molecule has 0 aliphatic heterocycles. The van der Waals surface area contributed by atoms with Gasteiger partial charge in [0.2, 0.25) is 0 Å². The molecule has 0 fully saturated rings. The van der Waals surface area contributed by atoms with Crippen molar-refractivity contribution in [3.63, 3.8) is 0 Å². The molecule has 0 radical (unpaired) electrons. The van der Waals surface area contributed by atoms with Gasteiger partial charge < -0.3 is 10.1 Å². The van der Waals surface area contributed by atoms with Crippen LogP contribution in [0.15, 0.2) is 36.4 Å². The maximum atomic E-state index is 5.51. The van der Waals surface area contributed by atoms with E-state index in [2.05, 4.69) is 50.4 Å². The van der Waals surface area contributed by atoms with E-state index in [9.17, 15) is 0 Å².